The van der Waals surface area contributed by atoms with Crippen molar-refractivity contribution in [1.82, 2.24) is 15.2 Å². The fourth-order valence-corrected chi connectivity index (χ4v) is 4.81. The third-order valence-electron chi connectivity index (χ3n) is 5.83. The second-order valence-electron chi connectivity index (χ2n) is 8.64. The number of benzene rings is 2. The Hall–Kier alpha value is -3.09. The van der Waals surface area contributed by atoms with Crippen molar-refractivity contribution in [2.45, 2.75) is 40.0 Å². The molecule has 4 aromatic rings. The first kappa shape index (κ1) is 23.1. The molecule has 1 atom stereocenters. The zero-order valence-electron chi connectivity index (χ0n) is 19.6. The standard InChI is InChI=1S/C27H31N3O2S/c1-18(15-28-27(31)25-12-6-11-24-19(2)20(3)29-26(24)25)32-22-9-5-8-21(14-22)16-30(4)17-23-10-7-13-33-23/h5-14,18,29H,15-17H2,1-4H3,(H,28,31). The molecule has 0 aliphatic heterocycles. The molecule has 0 spiro atoms. The van der Waals surface area contributed by atoms with Gasteiger partial charge in [0.15, 0.2) is 0 Å². The highest BCUT2D eigenvalue weighted by Crippen LogP contribution is 2.24. The Morgan fingerprint density at radius 1 is 1.12 bits per heavy atom. The molecular formula is C27H31N3O2S. The number of ether oxygens (including phenoxy) is 1. The van der Waals surface area contributed by atoms with Crippen molar-refractivity contribution in [2.24, 2.45) is 0 Å². The number of hydrogen-bond acceptors (Lipinski definition) is 4. The molecule has 0 bridgehead atoms. The van der Waals surface area contributed by atoms with Crippen LogP contribution in [0.5, 0.6) is 5.75 Å². The number of hydrogen-bond donors (Lipinski definition) is 2. The molecular weight excluding hydrogens is 430 g/mol. The summed E-state index contributed by atoms with van der Waals surface area (Å²) in [4.78, 5) is 19.8. The second kappa shape index (κ2) is 10.2. The lowest BCUT2D eigenvalue weighted by Crippen LogP contribution is -2.33. The maximum absolute atomic E-state index is 12.9. The molecule has 2 aromatic carbocycles. The maximum Gasteiger partial charge on any atom is 0.253 e. The second-order valence-corrected chi connectivity index (χ2v) is 9.67. The lowest BCUT2D eigenvalue weighted by Gasteiger charge is -2.18. The summed E-state index contributed by atoms with van der Waals surface area (Å²) in [7, 11) is 2.12. The number of fused-ring (bicyclic) bond motifs is 1. The summed E-state index contributed by atoms with van der Waals surface area (Å²) in [6.07, 6.45) is -0.153. The fraction of sp³-hybridized carbons (Fsp3) is 0.296. The van der Waals surface area contributed by atoms with Crippen LogP contribution >= 0.6 is 11.3 Å². The number of H-pyrrole nitrogens is 1. The highest BCUT2D eigenvalue weighted by Gasteiger charge is 2.15. The third-order valence-corrected chi connectivity index (χ3v) is 6.69. The van der Waals surface area contributed by atoms with Crippen LogP contribution in [0.15, 0.2) is 60.0 Å². The Labute approximate surface area is 199 Å². The van der Waals surface area contributed by atoms with Crippen molar-refractivity contribution in [1.29, 1.82) is 0 Å². The summed E-state index contributed by atoms with van der Waals surface area (Å²) >= 11 is 1.78. The monoisotopic (exact) mass is 461 g/mol. The van der Waals surface area contributed by atoms with Crippen molar-refractivity contribution in [3.05, 3.63) is 87.2 Å². The maximum atomic E-state index is 12.9. The van der Waals surface area contributed by atoms with Crippen molar-refractivity contribution in [3.63, 3.8) is 0 Å². The predicted molar refractivity (Wildman–Crippen MR) is 136 cm³/mol. The molecule has 0 fully saturated rings. The van der Waals surface area contributed by atoms with E-state index in [1.54, 1.807) is 11.3 Å². The van der Waals surface area contributed by atoms with E-state index in [1.807, 2.05) is 44.2 Å². The Morgan fingerprint density at radius 3 is 2.73 bits per heavy atom. The van der Waals surface area contributed by atoms with E-state index in [2.05, 4.69) is 58.8 Å². The first-order chi connectivity index (χ1) is 15.9. The molecule has 33 heavy (non-hydrogen) atoms. The number of amides is 1. The SMILES string of the molecule is Cc1[nH]c2c(C(=O)NCC(C)Oc3cccc(CN(C)Cc4cccs4)c3)cccc2c1C. The van der Waals surface area contributed by atoms with Gasteiger partial charge in [0.05, 0.1) is 17.6 Å². The van der Waals surface area contributed by atoms with E-state index in [9.17, 15) is 4.79 Å². The quantitative estimate of drug-likeness (QED) is 0.337. The van der Waals surface area contributed by atoms with Crippen molar-refractivity contribution < 1.29 is 9.53 Å². The topological polar surface area (TPSA) is 57.4 Å². The van der Waals surface area contributed by atoms with Crippen LogP contribution < -0.4 is 10.1 Å². The largest absolute Gasteiger partial charge is 0.489 e. The highest BCUT2D eigenvalue weighted by atomic mass is 32.1. The first-order valence-corrected chi connectivity index (χ1v) is 12.1. The number of thiophene rings is 1. The molecule has 0 aliphatic rings. The van der Waals surface area contributed by atoms with E-state index in [4.69, 9.17) is 4.74 Å². The number of carbonyl (C=O) groups is 1. The number of carbonyl (C=O) groups excluding carboxylic acids is 1. The average Bonchev–Trinajstić information content (AvgIpc) is 3.40. The molecule has 2 aromatic heterocycles. The molecule has 6 heteroatoms. The van der Waals surface area contributed by atoms with Crippen LogP contribution in [0.25, 0.3) is 10.9 Å². The normalized spacial score (nSPS) is 12.3. The van der Waals surface area contributed by atoms with Gasteiger partial charge in [0, 0.05) is 29.0 Å². The van der Waals surface area contributed by atoms with Crippen LogP contribution in [0.1, 0.15) is 39.0 Å². The molecule has 1 unspecified atom stereocenters. The van der Waals surface area contributed by atoms with E-state index in [1.165, 1.54) is 16.0 Å². The van der Waals surface area contributed by atoms with Gasteiger partial charge in [-0.05, 0) is 68.6 Å². The molecule has 0 saturated carbocycles. The number of rotatable bonds is 9. The summed E-state index contributed by atoms with van der Waals surface area (Å²) in [5.41, 5.74) is 5.01. The summed E-state index contributed by atoms with van der Waals surface area (Å²) < 4.78 is 6.10. The lowest BCUT2D eigenvalue weighted by atomic mass is 10.1. The summed E-state index contributed by atoms with van der Waals surface area (Å²) in [6, 6.07) is 18.3. The zero-order chi connectivity index (χ0) is 23.4. The molecule has 0 saturated heterocycles. The molecule has 172 valence electrons. The minimum atomic E-state index is -0.153. The minimum Gasteiger partial charge on any atom is -0.489 e. The van der Waals surface area contributed by atoms with E-state index in [-0.39, 0.29) is 12.0 Å². The van der Waals surface area contributed by atoms with Crippen LogP contribution in [0.4, 0.5) is 0 Å². The van der Waals surface area contributed by atoms with Crippen molar-refractivity contribution in [2.75, 3.05) is 13.6 Å². The number of nitrogens with one attached hydrogen (secondary N) is 2. The van der Waals surface area contributed by atoms with Gasteiger partial charge in [-0.15, -0.1) is 11.3 Å². The number of aromatic nitrogens is 1. The van der Waals surface area contributed by atoms with Gasteiger partial charge < -0.3 is 15.0 Å². The van der Waals surface area contributed by atoms with Gasteiger partial charge in [-0.25, -0.2) is 0 Å². The molecule has 2 N–H and O–H groups in total. The summed E-state index contributed by atoms with van der Waals surface area (Å²) in [5.74, 6) is 0.720. The van der Waals surface area contributed by atoms with Crippen LogP contribution in [0.3, 0.4) is 0 Å². The predicted octanol–water partition coefficient (Wildman–Crippen LogP) is 5.68. The third kappa shape index (κ3) is 5.64. The van der Waals surface area contributed by atoms with Gasteiger partial charge in [0.1, 0.15) is 11.9 Å². The van der Waals surface area contributed by atoms with Gasteiger partial charge in [-0.1, -0.05) is 30.3 Å². The van der Waals surface area contributed by atoms with E-state index in [0.29, 0.717) is 12.1 Å². The van der Waals surface area contributed by atoms with Crippen molar-refractivity contribution in [3.8, 4) is 5.75 Å². The van der Waals surface area contributed by atoms with Crippen LogP contribution in [-0.4, -0.2) is 35.5 Å². The van der Waals surface area contributed by atoms with Crippen LogP contribution in [0.2, 0.25) is 0 Å². The Bertz CT molecular complexity index is 1230. The van der Waals surface area contributed by atoms with Crippen LogP contribution in [-0.2, 0) is 13.1 Å². The van der Waals surface area contributed by atoms with Crippen molar-refractivity contribution >= 4 is 28.1 Å². The smallest absolute Gasteiger partial charge is 0.253 e. The molecule has 1 amide bonds. The molecule has 0 radical (unpaired) electrons. The summed E-state index contributed by atoms with van der Waals surface area (Å²) in [6.45, 7) is 8.27. The van der Waals surface area contributed by atoms with Crippen LogP contribution in [0, 0.1) is 13.8 Å². The van der Waals surface area contributed by atoms with E-state index < -0.39 is 0 Å². The van der Waals surface area contributed by atoms with Gasteiger partial charge in [-0.3, -0.25) is 9.69 Å². The number of para-hydroxylation sites is 1. The average molecular weight is 462 g/mol. The van der Waals surface area contributed by atoms with Gasteiger partial charge in [-0.2, -0.15) is 0 Å². The van der Waals surface area contributed by atoms with Gasteiger partial charge in [0.2, 0.25) is 0 Å². The highest BCUT2D eigenvalue weighted by molar-refractivity contribution is 7.09. The van der Waals surface area contributed by atoms with E-state index >= 15 is 0 Å². The lowest BCUT2D eigenvalue weighted by molar-refractivity contribution is 0.0933. The molecule has 5 nitrogen and oxygen atoms in total. The fourth-order valence-electron chi connectivity index (χ4n) is 4.03. The zero-order valence-corrected chi connectivity index (χ0v) is 20.5. The number of aromatic amines is 1. The summed E-state index contributed by atoms with van der Waals surface area (Å²) in [5, 5.41) is 6.22. The Balaban J connectivity index is 1.33. The molecule has 4 rings (SSSR count). The van der Waals surface area contributed by atoms with E-state index in [0.717, 1.165) is 35.4 Å². The number of aryl methyl sites for hydroxylation is 2. The Morgan fingerprint density at radius 2 is 1.94 bits per heavy atom. The molecule has 0 aliphatic carbocycles. The minimum absolute atomic E-state index is 0.0961. The van der Waals surface area contributed by atoms with Gasteiger partial charge >= 0.3 is 0 Å². The van der Waals surface area contributed by atoms with Gasteiger partial charge in [0.25, 0.3) is 5.91 Å². The number of nitrogens with zero attached hydrogens (tertiary/aromatic N) is 1. The molecule has 2 heterocycles. The first-order valence-electron chi connectivity index (χ1n) is 11.2. The Kier molecular flexibility index (Phi) is 7.16.